The summed E-state index contributed by atoms with van der Waals surface area (Å²) in [5.74, 6) is 0. The Morgan fingerprint density at radius 2 is 0.564 bits per heavy atom. The molecule has 0 aliphatic heterocycles. The van der Waals surface area contributed by atoms with Gasteiger partial charge in [-0.2, -0.15) is 0 Å². The van der Waals surface area contributed by atoms with Gasteiger partial charge in [0.25, 0.3) is 0 Å². The van der Waals surface area contributed by atoms with Crippen LogP contribution in [-0.2, 0) is 10.8 Å². The highest BCUT2D eigenvalue weighted by molar-refractivity contribution is 7.17. The SMILES string of the molecule is c1ccc(C2(c3ccccc3)c3ccccc3-c3ccc(-c4ccc(N(c5ccc(-c6ccc7c(c6)C(c6ccccc6)(c6ccccc6)c6ccccc6-7)cc5)c5ccc(-c6ccc7sccc7c6)cc5)cc4)cc32)cc1. The van der Waals surface area contributed by atoms with Crippen LogP contribution in [0.15, 0.2) is 309 Å². The molecule has 0 amide bonds. The lowest BCUT2D eigenvalue weighted by Crippen LogP contribution is -2.28. The van der Waals surface area contributed by atoms with E-state index in [-0.39, 0.29) is 0 Å². The quantitative estimate of drug-likeness (QED) is 0.132. The van der Waals surface area contributed by atoms with Crippen LogP contribution in [0, 0.1) is 0 Å². The van der Waals surface area contributed by atoms with Crippen molar-refractivity contribution in [1.29, 1.82) is 0 Å². The van der Waals surface area contributed by atoms with Crippen LogP contribution >= 0.6 is 11.3 Å². The Hall–Kier alpha value is -9.60. The van der Waals surface area contributed by atoms with Gasteiger partial charge in [-0.25, -0.2) is 0 Å². The first kappa shape index (κ1) is 45.8. The molecule has 13 aromatic rings. The van der Waals surface area contributed by atoms with Crippen molar-refractivity contribution in [2.24, 2.45) is 0 Å². The Bertz CT molecular complexity index is 4030. The molecule has 2 aliphatic carbocycles. The van der Waals surface area contributed by atoms with Crippen LogP contribution < -0.4 is 4.90 Å². The van der Waals surface area contributed by atoms with Crippen LogP contribution in [0.4, 0.5) is 17.1 Å². The van der Waals surface area contributed by atoms with E-state index in [1.54, 1.807) is 11.3 Å². The van der Waals surface area contributed by atoms with E-state index in [0.717, 1.165) is 17.1 Å². The summed E-state index contributed by atoms with van der Waals surface area (Å²) < 4.78 is 1.31. The van der Waals surface area contributed by atoms with Crippen molar-refractivity contribution < 1.29 is 0 Å². The van der Waals surface area contributed by atoms with Gasteiger partial charge in [0.2, 0.25) is 0 Å². The minimum absolute atomic E-state index is 0.466. The summed E-state index contributed by atoms with van der Waals surface area (Å²) in [6, 6.07) is 113. The molecular formula is C76H51NS. The molecule has 15 rings (SSSR count). The van der Waals surface area contributed by atoms with Gasteiger partial charge in [0.05, 0.1) is 10.8 Å². The molecule has 78 heavy (non-hydrogen) atoms. The number of anilines is 3. The molecule has 0 saturated heterocycles. The molecule has 0 spiro atoms. The van der Waals surface area contributed by atoms with E-state index in [1.165, 1.54) is 110 Å². The van der Waals surface area contributed by atoms with Gasteiger partial charge < -0.3 is 4.90 Å². The molecule has 1 nitrogen and oxygen atoms in total. The van der Waals surface area contributed by atoms with Gasteiger partial charge in [-0.3, -0.25) is 0 Å². The summed E-state index contributed by atoms with van der Waals surface area (Å²) >= 11 is 1.79. The summed E-state index contributed by atoms with van der Waals surface area (Å²) in [5, 5.41) is 3.45. The molecule has 0 N–H and O–H groups in total. The molecule has 366 valence electrons. The molecule has 0 radical (unpaired) electrons. The third kappa shape index (κ3) is 7.14. The Morgan fingerprint density at radius 3 is 0.962 bits per heavy atom. The summed E-state index contributed by atoms with van der Waals surface area (Å²) in [7, 11) is 0. The lowest BCUT2D eigenvalue weighted by Gasteiger charge is -2.34. The van der Waals surface area contributed by atoms with Gasteiger partial charge >= 0.3 is 0 Å². The normalized spacial score (nSPS) is 13.3. The molecule has 0 saturated carbocycles. The van der Waals surface area contributed by atoms with E-state index in [1.807, 2.05) is 0 Å². The van der Waals surface area contributed by atoms with Gasteiger partial charge in [-0.15, -0.1) is 11.3 Å². The molecule has 12 aromatic carbocycles. The molecule has 0 atom stereocenters. The van der Waals surface area contributed by atoms with Crippen molar-refractivity contribution in [3.05, 3.63) is 353 Å². The van der Waals surface area contributed by atoms with E-state index in [4.69, 9.17) is 0 Å². The highest BCUT2D eigenvalue weighted by Gasteiger charge is 2.47. The lowest BCUT2D eigenvalue weighted by atomic mass is 9.67. The number of rotatable bonds is 10. The highest BCUT2D eigenvalue weighted by atomic mass is 32.1. The number of nitrogens with zero attached hydrogens (tertiary/aromatic N) is 1. The molecule has 0 fully saturated rings. The maximum Gasteiger partial charge on any atom is 0.0713 e. The average Bonchev–Trinajstić information content (AvgIpc) is 3.89. The zero-order valence-electron chi connectivity index (χ0n) is 42.8. The third-order valence-electron chi connectivity index (χ3n) is 16.7. The lowest BCUT2D eigenvalue weighted by molar-refractivity contribution is 0.769. The van der Waals surface area contributed by atoms with Crippen LogP contribution in [0.5, 0.6) is 0 Å². The molecule has 2 aliphatic rings. The summed E-state index contributed by atoms with van der Waals surface area (Å²) in [6.45, 7) is 0. The van der Waals surface area contributed by atoms with E-state index in [9.17, 15) is 0 Å². The topological polar surface area (TPSA) is 3.24 Å². The highest BCUT2D eigenvalue weighted by Crippen LogP contribution is 2.58. The van der Waals surface area contributed by atoms with Crippen molar-refractivity contribution in [3.8, 4) is 55.6 Å². The number of fused-ring (bicyclic) bond motifs is 7. The third-order valence-corrected chi connectivity index (χ3v) is 17.6. The van der Waals surface area contributed by atoms with Gasteiger partial charge in [0, 0.05) is 21.8 Å². The summed E-state index contributed by atoms with van der Waals surface area (Å²) in [4.78, 5) is 2.39. The molecule has 2 heteroatoms. The zero-order chi connectivity index (χ0) is 51.6. The summed E-state index contributed by atoms with van der Waals surface area (Å²) in [5.41, 5.74) is 24.9. The number of hydrogen-bond donors (Lipinski definition) is 0. The first-order valence-corrected chi connectivity index (χ1v) is 27.8. The first-order chi connectivity index (χ1) is 38.7. The Labute approximate surface area is 460 Å². The monoisotopic (exact) mass is 1010 g/mol. The van der Waals surface area contributed by atoms with Gasteiger partial charge in [0.15, 0.2) is 0 Å². The van der Waals surface area contributed by atoms with E-state index >= 15 is 0 Å². The van der Waals surface area contributed by atoms with Crippen LogP contribution in [0.1, 0.15) is 44.5 Å². The molecule has 0 bridgehead atoms. The predicted octanol–water partition coefficient (Wildman–Crippen LogP) is 20.1. The van der Waals surface area contributed by atoms with Gasteiger partial charge in [-0.1, -0.05) is 237 Å². The maximum atomic E-state index is 2.45. The van der Waals surface area contributed by atoms with Crippen LogP contribution in [0.25, 0.3) is 65.7 Å². The van der Waals surface area contributed by atoms with Crippen molar-refractivity contribution in [2.75, 3.05) is 4.90 Å². The standard InChI is InChI=1S/C76H51NS/c1-5-17-59(18-6-1)75(60-19-7-2-8-20-60)70-27-15-13-25-66(70)68-44-35-56(50-72(68)75)53-31-40-64(41-32-53)77(63-38-29-52(30-39-63)55-37-46-74-58(49-55)47-48-78-74)65-42-33-54(34-43-65)57-36-45-69-67-26-14-16-28-71(67)76(73(69)51-57,61-21-9-3-10-22-61)62-23-11-4-12-24-62/h1-51H. The van der Waals surface area contributed by atoms with Gasteiger partial charge in [-0.05, 0) is 178 Å². The fourth-order valence-electron chi connectivity index (χ4n) is 13.3. The largest absolute Gasteiger partial charge is 0.311 e. The Kier molecular flexibility index (Phi) is 10.9. The summed E-state index contributed by atoms with van der Waals surface area (Å²) in [6.07, 6.45) is 0. The van der Waals surface area contributed by atoms with Crippen molar-refractivity contribution >= 4 is 38.5 Å². The smallest absolute Gasteiger partial charge is 0.0713 e. The maximum absolute atomic E-state index is 2.45. The fourth-order valence-corrected chi connectivity index (χ4v) is 14.0. The molecule has 1 aromatic heterocycles. The molecule has 1 heterocycles. The Morgan fingerprint density at radius 1 is 0.244 bits per heavy atom. The average molecular weight is 1010 g/mol. The Balaban J connectivity index is 0.829. The van der Waals surface area contributed by atoms with Crippen molar-refractivity contribution in [2.45, 2.75) is 10.8 Å². The van der Waals surface area contributed by atoms with Crippen LogP contribution in [0.2, 0.25) is 0 Å². The van der Waals surface area contributed by atoms with Crippen LogP contribution in [0.3, 0.4) is 0 Å². The fraction of sp³-hybridized carbons (Fsp3) is 0.0263. The minimum atomic E-state index is -0.466. The number of benzene rings is 12. The minimum Gasteiger partial charge on any atom is -0.311 e. The van der Waals surface area contributed by atoms with Gasteiger partial charge in [0.1, 0.15) is 0 Å². The first-order valence-electron chi connectivity index (χ1n) is 27.0. The van der Waals surface area contributed by atoms with Crippen molar-refractivity contribution in [3.63, 3.8) is 0 Å². The second-order valence-electron chi connectivity index (χ2n) is 20.7. The second kappa shape index (κ2) is 18.6. The van der Waals surface area contributed by atoms with E-state index in [2.05, 4.69) is 314 Å². The number of hydrogen-bond acceptors (Lipinski definition) is 2. The predicted molar refractivity (Wildman–Crippen MR) is 327 cm³/mol. The van der Waals surface area contributed by atoms with Crippen LogP contribution in [-0.4, -0.2) is 0 Å². The van der Waals surface area contributed by atoms with E-state index < -0.39 is 10.8 Å². The molecule has 0 unspecified atom stereocenters. The zero-order valence-corrected chi connectivity index (χ0v) is 43.6. The molecular weight excluding hydrogens is 959 g/mol. The second-order valence-corrected chi connectivity index (χ2v) is 21.7. The van der Waals surface area contributed by atoms with E-state index in [0.29, 0.717) is 0 Å². The van der Waals surface area contributed by atoms with Crippen molar-refractivity contribution in [1.82, 2.24) is 0 Å². The number of thiophene rings is 1.